The normalized spacial score (nSPS) is 13.0. The zero-order valence-corrected chi connectivity index (χ0v) is 11.8. The Balaban J connectivity index is 2.05. The van der Waals surface area contributed by atoms with Gasteiger partial charge in [-0.05, 0) is 12.5 Å². The molecule has 0 aliphatic heterocycles. The van der Waals surface area contributed by atoms with Crippen molar-refractivity contribution in [3.63, 3.8) is 0 Å². The lowest BCUT2D eigenvalue weighted by Gasteiger charge is -2.15. The highest BCUT2D eigenvalue weighted by atomic mass is 16.6. The third kappa shape index (κ3) is 3.93. The van der Waals surface area contributed by atoms with Crippen LogP contribution in [0.5, 0.6) is 0 Å². The van der Waals surface area contributed by atoms with Gasteiger partial charge in [0.2, 0.25) is 0 Å². The van der Waals surface area contributed by atoms with Crippen molar-refractivity contribution in [3.8, 4) is 0 Å². The smallest absolute Gasteiger partial charge is 0.115 e. The maximum absolute atomic E-state index is 5.89. The molecule has 0 bridgehead atoms. The van der Waals surface area contributed by atoms with Crippen LogP contribution in [0.3, 0.4) is 0 Å². The molecule has 0 radical (unpaired) electrons. The molecule has 1 unspecified atom stereocenters. The summed E-state index contributed by atoms with van der Waals surface area (Å²) in [5, 5.41) is 4.10. The van der Waals surface area contributed by atoms with Gasteiger partial charge in [-0.2, -0.15) is 0 Å². The number of oxime groups is 1. The van der Waals surface area contributed by atoms with E-state index in [0.717, 1.165) is 16.8 Å². The fraction of sp³-hybridized carbons (Fsp3) is 0.235. The highest BCUT2D eigenvalue weighted by molar-refractivity contribution is 6.03. The Bertz CT molecular complexity index is 537. The summed E-state index contributed by atoms with van der Waals surface area (Å²) in [6, 6.07) is 20.0. The standard InChI is InChI=1S/C17H19NO2/c1-14(20-13-15-9-5-3-6-10-15)17(18-19-2)16-11-7-4-8-12-16/h3-12,14H,13H2,1-2H3. The SMILES string of the molecule is CON=C(c1ccccc1)C(C)OCc1ccccc1. The Morgan fingerprint density at radius 2 is 1.60 bits per heavy atom. The first-order valence-corrected chi connectivity index (χ1v) is 6.63. The second kappa shape index (κ2) is 7.46. The third-order valence-electron chi connectivity index (χ3n) is 2.99. The highest BCUT2D eigenvalue weighted by Gasteiger charge is 2.14. The van der Waals surface area contributed by atoms with Gasteiger partial charge in [0.1, 0.15) is 18.9 Å². The van der Waals surface area contributed by atoms with Crippen molar-refractivity contribution < 1.29 is 9.57 Å². The summed E-state index contributed by atoms with van der Waals surface area (Å²) in [5.74, 6) is 0. The Hall–Kier alpha value is -2.13. The van der Waals surface area contributed by atoms with E-state index in [9.17, 15) is 0 Å². The molecule has 0 heterocycles. The van der Waals surface area contributed by atoms with Gasteiger partial charge in [0.15, 0.2) is 0 Å². The zero-order chi connectivity index (χ0) is 14.2. The number of ether oxygens (including phenoxy) is 1. The minimum Gasteiger partial charge on any atom is -0.399 e. The van der Waals surface area contributed by atoms with Gasteiger partial charge in [0.05, 0.1) is 6.61 Å². The number of benzene rings is 2. The van der Waals surface area contributed by atoms with Gasteiger partial charge < -0.3 is 9.57 Å². The van der Waals surface area contributed by atoms with E-state index >= 15 is 0 Å². The van der Waals surface area contributed by atoms with Crippen LogP contribution in [0.15, 0.2) is 65.8 Å². The molecular weight excluding hydrogens is 250 g/mol. The van der Waals surface area contributed by atoms with Crippen molar-refractivity contribution in [1.29, 1.82) is 0 Å². The van der Waals surface area contributed by atoms with Gasteiger partial charge in [0.25, 0.3) is 0 Å². The fourth-order valence-corrected chi connectivity index (χ4v) is 1.94. The van der Waals surface area contributed by atoms with Crippen LogP contribution in [0.4, 0.5) is 0 Å². The zero-order valence-electron chi connectivity index (χ0n) is 11.8. The van der Waals surface area contributed by atoms with Crippen molar-refractivity contribution in [2.24, 2.45) is 5.16 Å². The molecule has 0 saturated heterocycles. The molecule has 2 aromatic rings. The van der Waals surface area contributed by atoms with Crippen molar-refractivity contribution in [3.05, 3.63) is 71.8 Å². The molecule has 0 spiro atoms. The monoisotopic (exact) mass is 269 g/mol. The quantitative estimate of drug-likeness (QED) is 0.592. The summed E-state index contributed by atoms with van der Waals surface area (Å²) in [7, 11) is 1.55. The first kappa shape index (κ1) is 14.3. The Labute approximate surface area is 119 Å². The second-order valence-electron chi connectivity index (χ2n) is 4.46. The van der Waals surface area contributed by atoms with Crippen LogP contribution in [0.2, 0.25) is 0 Å². The predicted molar refractivity (Wildman–Crippen MR) is 80.7 cm³/mol. The lowest BCUT2D eigenvalue weighted by molar-refractivity contribution is 0.0921. The third-order valence-corrected chi connectivity index (χ3v) is 2.99. The van der Waals surface area contributed by atoms with Gasteiger partial charge in [-0.15, -0.1) is 0 Å². The molecule has 3 nitrogen and oxygen atoms in total. The topological polar surface area (TPSA) is 30.8 Å². The van der Waals surface area contributed by atoms with E-state index in [0.29, 0.717) is 6.61 Å². The number of nitrogens with zero attached hydrogens (tertiary/aromatic N) is 1. The maximum atomic E-state index is 5.89. The van der Waals surface area contributed by atoms with Crippen LogP contribution >= 0.6 is 0 Å². The van der Waals surface area contributed by atoms with Crippen molar-refractivity contribution in [2.45, 2.75) is 19.6 Å². The van der Waals surface area contributed by atoms with Crippen molar-refractivity contribution >= 4 is 5.71 Å². The van der Waals surface area contributed by atoms with E-state index in [-0.39, 0.29) is 6.10 Å². The van der Waals surface area contributed by atoms with E-state index < -0.39 is 0 Å². The van der Waals surface area contributed by atoms with Crippen LogP contribution in [0, 0.1) is 0 Å². The summed E-state index contributed by atoms with van der Waals surface area (Å²) in [6.07, 6.45) is -0.141. The molecule has 0 amide bonds. The van der Waals surface area contributed by atoms with Crippen LogP contribution in [0.25, 0.3) is 0 Å². The summed E-state index contributed by atoms with van der Waals surface area (Å²) >= 11 is 0. The van der Waals surface area contributed by atoms with Crippen molar-refractivity contribution in [2.75, 3.05) is 7.11 Å². The lowest BCUT2D eigenvalue weighted by Crippen LogP contribution is -2.22. The van der Waals surface area contributed by atoms with E-state index in [4.69, 9.17) is 9.57 Å². The van der Waals surface area contributed by atoms with Crippen LogP contribution in [0.1, 0.15) is 18.1 Å². The summed E-state index contributed by atoms with van der Waals surface area (Å²) < 4.78 is 5.89. The highest BCUT2D eigenvalue weighted by Crippen LogP contribution is 2.10. The number of hydrogen-bond acceptors (Lipinski definition) is 3. The molecule has 3 heteroatoms. The Morgan fingerprint density at radius 1 is 1.00 bits per heavy atom. The first-order chi connectivity index (χ1) is 9.81. The molecule has 1 atom stereocenters. The minimum absolute atomic E-state index is 0.141. The van der Waals surface area contributed by atoms with Crippen molar-refractivity contribution in [1.82, 2.24) is 0 Å². The van der Waals surface area contributed by atoms with Crippen LogP contribution < -0.4 is 0 Å². The maximum Gasteiger partial charge on any atom is 0.115 e. The molecule has 0 aliphatic rings. The van der Waals surface area contributed by atoms with Gasteiger partial charge in [-0.3, -0.25) is 0 Å². The van der Waals surface area contributed by atoms with E-state index in [1.165, 1.54) is 0 Å². The van der Waals surface area contributed by atoms with Crippen LogP contribution in [-0.4, -0.2) is 18.9 Å². The Morgan fingerprint density at radius 3 is 2.20 bits per heavy atom. The van der Waals surface area contributed by atoms with Gasteiger partial charge in [-0.25, -0.2) is 0 Å². The molecular formula is C17H19NO2. The summed E-state index contributed by atoms with van der Waals surface area (Å²) in [5.41, 5.74) is 2.95. The predicted octanol–water partition coefficient (Wildman–Crippen LogP) is 3.64. The average molecular weight is 269 g/mol. The number of hydrogen-bond donors (Lipinski definition) is 0. The Kier molecular flexibility index (Phi) is 5.33. The molecule has 2 aromatic carbocycles. The molecule has 0 N–H and O–H groups in total. The largest absolute Gasteiger partial charge is 0.399 e. The molecule has 0 fully saturated rings. The van der Waals surface area contributed by atoms with E-state index in [1.54, 1.807) is 7.11 Å². The number of rotatable bonds is 6. The molecule has 0 aromatic heterocycles. The van der Waals surface area contributed by atoms with Gasteiger partial charge in [0, 0.05) is 5.56 Å². The lowest BCUT2D eigenvalue weighted by atomic mass is 10.1. The van der Waals surface area contributed by atoms with E-state index in [1.807, 2.05) is 67.6 Å². The summed E-state index contributed by atoms with van der Waals surface area (Å²) in [4.78, 5) is 4.94. The molecule has 2 rings (SSSR count). The second-order valence-corrected chi connectivity index (χ2v) is 4.46. The molecule has 0 saturated carbocycles. The molecule has 104 valence electrons. The molecule has 0 aliphatic carbocycles. The molecule has 20 heavy (non-hydrogen) atoms. The average Bonchev–Trinajstić information content (AvgIpc) is 2.52. The minimum atomic E-state index is -0.141. The first-order valence-electron chi connectivity index (χ1n) is 6.63. The van der Waals surface area contributed by atoms with Gasteiger partial charge in [-0.1, -0.05) is 65.8 Å². The van der Waals surface area contributed by atoms with Crippen LogP contribution in [-0.2, 0) is 16.2 Å². The fourth-order valence-electron chi connectivity index (χ4n) is 1.94. The summed E-state index contributed by atoms with van der Waals surface area (Å²) in [6.45, 7) is 2.53. The van der Waals surface area contributed by atoms with E-state index in [2.05, 4.69) is 5.16 Å². The van der Waals surface area contributed by atoms with Gasteiger partial charge >= 0.3 is 0 Å².